The molecule has 0 fully saturated rings. The van der Waals surface area contributed by atoms with Crippen molar-refractivity contribution < 1.29 is 27.5 Å². The summed E-state index contributed by atoms with van der Waals surface area (Å²) in [5.41, 5.74) is -0.854. The molecule has 9 nitrogen and oxygen atoms in total. The van der Waals surface area contributed by atoms with Crippen LogP contribution in [0.15, 0.2) is 59.8 Å². The van der Waals surface area contributed by atoms with Crippen LogP contribution in [0.4, 0.5) is 28.9 Å². The van der Waals surface area contributed by atoms with Gasteiger partial charge in [-0.3, -0.25) is 9.59 Å². The van der Waals surface area contributed by atoms with E-state index in [4.69, 9.17) is 11.1 Å². The maximum atomic E-state index is 14.6. The molecule has 4 aromatic rings. The number of fused-ring (bicyclic) bond motifs is 1. The standard InChI is InChI=1S/C24H20F4N6O3/c1-33-12-31-20-17(10-34(11-19(30)35)21(20)22(33)36)23(37,24(26,27)28)14-2-7-18(13(8-14)9-29)32-16-5-3-15(25)4-6-16/h2-10,12,29,32,37H,11H2,1H3,(H2,30,35). The molecule has 192 valence electrons. The zero-order valence-corrected chi connectivity index (χ0v) is 19.2. The van der Waals surface area contributed by atoms with E-state index in [0.717, 1.165) is 40.0 Å². The van der Waals surface area contributed by atoms with E-state index < -0.39 is 52.2 Å². The highest BCUT2D eigenvalue weighted by Gasteiger charge is 2.58. The van der Waals surface area contributed by atoms with Gasteiger partial charge in [-0.05, 0) is 42.0 Å². The second-order valence-corrected chi connectivity index (χ2v) is 8.28. The van der Waals surface area contributed by atoms with Crippen molar-refractivity contribution in [3.63, 3.8) is 0 Å². The van der Waals surface area contributed by atoms with Gasteiger partial charge in [0.2, 0.25) is 11.5 Å². The van der Waals surface area contributed by atoms with Crippen LogP contribution in [0.2, 0.25) is 0 Å². The van der Waals surface area contributed by atoms with E-state index in [-0.39, 0.29) is 16.8 Å². The number of hydrogen-bond donors (Lipinski definition) is 4. The summed E-state index contributed by atoms with van der Waals surface area (Å²) in [6.07, 6.45) is -2.70. The van der Waals surface area contributed by atoms with E-state index in [0.29, 0.717) is 5.69 Å². The third-order valence-corrected chi connectivity index (χ3v) is 5.81. The fraction of sp³-hybridized carbons (Fsp3) is 0.167. The first-order chi connectivity index (χ1) is 17.4. The van der Waals surface area contributed by atoms with Crippen LogP contribution in [0, 0.1) is 11.2 Å². The van der Waals surface area contributed by atoms with Crippen molar-refractivity contribution in [1.29, 1.82) is 5.41 Å². The number of carbonyl (C=O) groups is 1. The molecule has 0 radical (unpaired) electrons. The molecule has 2 aromatic carbocycles. The highest BCUT2D eigenvalue weighted by atomic mass is 19.4. The maximum absolute atomic E-state index is 14.6. The lowest BCUT2D eigenvalue weighted by molar-refractivity contribution is -0.248. The molecule has 0 aliphatic carbocycles. The van der Waals surface area contributed by atoms with Crippen LogP contribution < -0.4 is 16.6 Å². The van der Waals surface area contributed by atoms with Crippen LogP contribution in [0.1, 0.15) is 16.7 Å². The lowest BCUT2D eigenvalue weighted by Crippen LogP contribution is -2.43. The largest absolute Gasteiger partial charge is 0.425 e. The van der Waals surface area contributed by atoms with E-state index in [1.165, 1.54) is 37.4 Å². The molecule has 2 aromatic heterocycles. The number of benzene rings is 2. The van der Waals surface area contributed by atoms with Crippen LogP contribution in [-0.2, 0) is 24.0 Å². The fourth-order valence-corrected chi connectivity index (χ4v) is 4.00. The Hall–Kier alpha value is -4.52. The van der Waals surface area contributed by atoms with E-state index in [9.17, 15) is 32.3 Å². The van der Waals surface area contributed by atoms with Crippen molar-refractivity contribution in [2.45, 2.75) is 18.3 Å². The van der Waals surface area contributed by atoms with Gasteiger partial charge in [0, 0.05) is 42.0 Å². The van der Waals surface area contributed by atoms with Gasteiger partial charge in [-0.1, -0.05) is 6.07 Å². The summed E-state index contributed by atoms with van der Waals surface area (Å²) >= 11 is 0. The molecule has 4 rings (SSSR count). The highest BCUT2D eigenvalue weighted by molar-refractivity contribution is 5.88. The number of anilines is 2. The van der Waals surface area contributed by atoms with Crippen LogP contribution in [0.25, 0.3) is 11.0 Å². The Morgan fingerprint density at radius 2 is 1.89 bits per heavy atom. The number of aromatic nitrogens is 3. The number of aliphatic hydroxyl groups is 1. The summed E-state index contributed by atoms with van der Waals surface area (Å²) in [4.78, 5) is 28.2. The molecule has 5 N–H and O–H groups in total. The van der Waals surface area contributed by atoms with Crippen LogP contribution >= 0.6 is 0 Å². The van der Waals surface area contributed by atoms with Crippen LogP contribution in [0.5, 0.6) is 0 Å². The van der Waals surface area contributed by atoms with Crippen LogP contribution in [0.3, 0.4) is 0 Å². The molecule has 0 aliphatic heterocycles. The van der Waals surface area contributed by atoms with Gasteiger partial charge < -0.3 is 30.7 Å². The molecule has 0 spiro atoms. The topological polar surface area (TPSA) is 139 Å². The summed E-state index contributed by atoms with van der Waals surface area (Å²) in [6, 6.07) is 8.37. The number of hydrogen-bond acceptors (Lipinski definition) is 6. The quantitative estimate of drug-likeness (QED) is 0.221. The Morgan fingerprint density at radius 3 is 2.49 bits per heavy atom. The molecule has 1 unspecified atom stereocenters. The molecular formula is C24H20F4N6O3. The number of halogens is 4. The molecule has 37 heavy (non-hydrogen) atoms. The number of nitrogens with one attached hydrogen (secondary N) is 2. The second-order valence-electron chi connectivity index (χ2n) is 8.28. The van der Waals surface area contributed by atoms with Crippen molar-refractivity contribution in [3.05, 3.63) is 87.9 Å². The Bertz CT molecular complexity index is 1580. The SMILES string of the molecule is Cn1cnc2c(C(O)(c3ccc(Nc4ccc(F)cc4)c(C=N)c3)C(F)(F)F)cn(CC(N)=O)c2c1=O. The molecule has 0 aliphatic rings. The molecular weight excluding hydrogens is 496 g/mol. The molecule has 0 saturated carbocycles. The van der Waals surface area contributed by atoms with Gasteiger partial charge in [0.05, 0.1) is 6.33 Å². The zero-order valence-electron chi connectivity index (χ0n) is 19.2. The molecule has 1 atom stereocenters. The monoisotopic (exact) mass is 516 g/mol. The molecule has 0 saturated heterocycles. The van der Waals surface area contributed by atoms with Crippen molar-refractivity contribution in [3.8, 4) is 0 Å². The van der Waals surface area contributed by atoms with E-state index in [1.807, 2.05) is 0 Å². The first-order valence-electron chi connectivity index (χ1n) is 10.7. The second kappa shape index (κ2) is 9.17. The number of nitrogens with two attached hydrogens (primary N) is 1. The lowest BCUT2D eigenvalue weighted by Gasteiger charge is -2.31. The van der Waals surface area contributed by atoms with E-state index in [2.05, 4.69) is 10.3 Å². The minimum Gasteiger partial charge on any atom is -0.372 e. The summed E-state index contributed by atoms with van der Waals surface area (Å²) in [5.74, 6) is -1.41. The van der Waals surface area contributed by atoms with Gasteiger partial charge >= 0.3 is 6.18 Å². The summed E-state index contributed by atoms with van der Waals surface area (Å²) in [7, 11) is 1.33. The highest BCUT2D eigenvalue weighted by Crippen LogP contribution is 2.47. The van der Waals surface area contributed by atoms with Crippen molar-refractivity contribution in [1.82, 2.24) is 14.1 Å². The smallest absolute Gasteiger partial charge is 0.372 e. The first-order valence-corrected chi connectivity index (χ1v) is 10.7. The van der Waals surface area contributed by atoms with Gasteiger partial charge in [-0.25, -0.2) is 9.37 Å². The third-order valence-electron chi connectivity index (χ3n) is 5.81. The Labute approximate surface area is 206 Å². The minimum atomic E-state index is -5.31. The van der Waals surface area contributed by atoms with Gasteiger partial charge in [-0.2, -0.15) is 13.2 Å². The summed E-state index contributed by atoms with van der Waals surface area (Å²) < 4.78 is 59.0. The number of primary amides is 1. The third kappa shape index (κ3) is 4.44. The predicted molar refractivity (Wildman–Crippen MR) is 127 cm³/mol. The Kier molecular flexibility index (Phi) is 6.34. The minimum absolute atomic E-state index is 0.0192. The van der Waals surface area contributed by atoms with Gasteiger partial charge in [-0.15, -0.1) is 0 Å². The number of nitrogens with zero attached hydrogens (tertiary/aromatic N) is 3. The zero-order chi connectivity index (χ0) is 27.1. The summed E-state index contributed by atoms with van der Waals surface area (Å²) in [6.45, 7) is -0.627. The van der Waals surface area contributed by atoms with Crippen molar-refractivity contribution in [2.24, 2.45) is 12.8 Å². The van der Waals surface area contributed by atoms with Gasteiger partial charge in [0.1, 0.15) is 23.4 Å². The van der Waals surface area contributed by atoms with Gasteiger partial charge in [0.25, 0.3) is 5.56 Å². The molecule has 1 amide bonds. The normalized spacial score (nSPS) is 13.4. The first kappa shape index (κ1) is 25.6. The number of alkyl halides is 3. The van der Waals surface area contributed by atoms with Crippen molar-refractivity contribution >= 4 is 34.5 Å². The molecule has 2 heterocycles. The average Bonchev–Trinajstić information content (AvgIpc) is 3.20. The Morgan fingerprint density at radius 1 is 1.22 bits per heavy atom. The number of carbonyl (C=O) groups excluding carboxylic acids is 1. The fourth-order valence-electron chi connectivity index (χ4n) is 4.00. The average molecular weight is 516 g/mol. The Balaban J connectivity index is 1.93. The molecule has 0 bridgehead atoms. The van der Waals surface area contributed by atoms with E-state index in [1.54, 1.807) is 0 Å². The van der Waals surface area contributed by atoms with Crippen molar-refractivity contribution in [2.75, 3.05) is 5.32 Å². The van der Waals surface area contributed by atoms with Crippen LogP contribution in [-0.4, -0.2) is 37.5 Å². The predicted octanol–water partition coefficient (Wildman–Crippen LogP) is 2.90. The molecule has 13 heteroatoms. The number of rotatable bonds is 7. The maximum Gasteiger partial charge on any atom is 0.425 e. The van der Waals surface area contributed by atoms with Gasteiger partial charge in [0.15, 0.2) is 0 Å². The number of amides is 1. The summed E-state index contributed by atoms with van der Waals surface area (Å²) in [5, 5.41) is 21.9. The lowest BCUT2D eigenvalue weighted by atomic mass is 9.85. The van der Waals surface area contributed by atoms with E-state index >= 15 is 0 Å². The number of aryl methyl sites for hydroxylation is 1.